The first-order valence-corrected chi connectivity index (χ1v) is 9.02. The number of halogens is 3. The summed E-state index contributed by atoms with van der Waals surface area (Å²) in [7, 11) is -4.20. The molecule has 1 unspecified atom stereocenters. The van der Waals surface area contributed by atoms with Gasteiger partial charge in [0.25, 0.3) is 0 Å². The maximum Gasteiger partial charge on any atom is 0.422 e. The van der Waals surface area contributed by atoms with Crippen LogP contribution < -0.4 is 4.72 Å². The molecule has 1 atom stereocenters. The van der Waals surface area contributed by atoms with Gasteiger partial charge in [0.1, 0.15) is 0 Å². The zero-order valence-corrected chi connectivity index (χ0v) is 14.2. The lowest BCUT2D eigenvalue weighted by molar-refractivity contribution is -0.263. The Morgan fingerprint density at radius 1 is 1.00 bits per heavy atom. The molecule has 0 aromatic heterocycles. The van der Waals surface area contributed by atoms with Crippen LogP contribution in [0.25, 0.3) is 0 Å². The van der Waals surface area contributed by atoms with Crippen molar-refractivity contribution >= 4 is 10.0 Å². The number of hydrogen-bond donors (Lipinski definition) is 2. The molecule has 0 saturated carbocycles. The molecule has 8 heteroatoms. The average Bonchev–Trinajstić information content (AvgIpc) is 2.59. The highest BCUT2D eigenvalue weighted by Crippen LogP contribution is 2.38. The summed E-state index contributed by atoms with van der Waals surface area (Å²) in [6.07, 6.45) is -4.35. The monoisotopic (exact) mass is 373 g/mol. The van der Waals surface area contributed by atoms with Gasteiger partial charge < -0.3 is 5.11 Å². The number of benzene rings is 2. The van der Waals surface area contributed by atoms with E-state index in [-0.39, 0.29) is 4.90 Å². The van der Waals surface area contributed by atoms with Crippen molar-refractivity contribution in [3.63, 3.8) is 0 Å². The summed E-state index contributed by atoms with van der Waals surface area (Å²) < 4.78 is 66.5. The van der Waals surface area contributed by atoms with Crippen LogP contribution in [0.3, 0.4) is 0 Å². The van der Waals surface area contributed by atoms with Gasteiger partial charge in [0, 0.05) is 0 Å². The molecule has 136 valence electrons. The van der Waals surface area contributed by atoms with E-state index in [1.807, 2.05) is 11.6 Å². The third-order valence-electron chi connectivity index (χ3n) is 3.88. The predicted molar refractivity (Wildman–Crippen MR) is 87.4 cm³/mol. The molecule has 2 aromatic rings. The summed E-state index contributed by atoms with van der Waals surface area (Å²) in [5.41, 5.74) is -2.87. The van der Waals surface area contributed by atoms with E-state index in [0.29, 0.717) is 6.42 Å². The Morgan fingerprint density at radius 2 is 1.56 bits per heavy atom. The van der Waals surface area contributed by atoms with Gasteiger partial charge in [-0.15, -0.1) is 0 Å². The normalized spacial score (nSPS) is 14.9. The van der Waals surface area contributed by atoms with Crippen molar-refractivity contribution in [3.8, 4) is 0 Å². The fourth-order valence-corrected chi connectivity index (χ4v) is 3.33. The zero-order valence-electron chi connectivity index (χ0n) is 13.4. The van der Waals surface area contributed by atoms with Crippen molar-refractivity contribution in [1.82, 2.24) is 4.72 Å². The minimum atomic E-state index is -5.05. The van der Waals surface area contributed by atoms with Crippen molar-refractivity contribution in [3.05, 3.63) is 65.7 Å². The van der Waals surface area contributed by atoms with E-state index in [0.717, 1.165) is 17.7 Å². The highest BCUT2D eigenvalue weighted by molar-refractivity contribution is 7.89. The first-order valence-electron chi connectivity index (χ1n) is 7.53. The van der Waals surface area contributed by atoms with E-state index in [9.17, 15) is 26.7 Å². The Balaban J connectivity index is 2.28. The first-order chi connectivity index (χ1) is 11.6. The minimum Gasteiger partial charge on any atom is -0.375 e. The Hall–Kier alpha value is -1.90. The number of rotatable bonds is 6. The molecule has 0 fully saturated rings. The molecule has 0 aliphatic heterocycles. The smallest absolute Gasteiger partial charge is 0.375 e. The summed E-state index contributed by atoms with van der Waals surface area (Å²) in [4.78, 5) is -0.165. The number of nitrogens with one attached hydrogen (secondary N) is 1. The van der Waals surface area contributed by atoms with Gasteiger partial charge >= 0.3 is 6.18 Å². The van der Waals surface area contributed by atoms with Crippen LogP contribution >= 0.6 is 0 Å². The molecule has 4 nitrogen and oxygen atoms in total. The van der Waals surface area contributed by atoms with Gasteiger partial charge in [-0.3, -0.25) is 0 Å². The molecule has 0 radical (unpaired) electrons. The summed E-state index contributed by atoms with van der Waals surface area (Å²) in [6, 6.07) is 12.2. The predicted octanol–water partition coefficient (Wildman–Crippen LogP) is 2.98. The molecular formula is C17H18F3NO3S. The minimum absolute atomic E-state index is 0.165. The second-order valence-corrected chi connectivity index (χ2v) is 7.31. The summed E-state index contributed by atoms with van der Waals surface area (Å²) >= 11 is 0. The largest absolute Gasteiger partial charge is 0.422 e. The summed E-state index contributed by atoms with van der Waals surface area (Å²) in [6.45, 7) is 0.670. The second-order valence-electron chi connectivity index (χ2n) is 5.55. The lowest BCUT2D eigenvalue weighted by Gasteiger charge is -2.31. The van der Waals surface area contributed by atoms with Crippen LogP contribution in [0.2, 0.25) is 0 Å². The fourth-order valence-electron chi connectivity index (χ4n) is 2.27. The molecule has 2 aromatic carbocycles. The van der Waals surface area contributed by atoms with Crippen LogP contribution in [0.5, 0.6) is 0 Å². The van der Waals surface area contributed by atoms with Crippen LogP contribution in [-0.2, 0) is 22.0 Å². The molecule has 0 aliphatic rings. The molecule has 0 amide bonds. The van der Waals surface area contributed by atoms with Gasteiger partial charge in [-0.05, 0) is 29.7 Å². The van der Waals surface area contributed by atoms with Crippen molar-refractivity contribution in [2.24, 2.45) is 0 Å². The molecule has 0 spiro atoms. The molecule has 2 rings (SSSR count). The van der Waals surface area contributed by atoms with Crippen LogP contribution in [-0.4, -0.2) is 26.2 Å². The van der Waals surface area contributed by atoms with Gasteiger partial charge in [-0.1, -0.05) is 49.4 Å². The van der Waals surface area contributed by atoms with Gasteiger partial charge in [0.2, 0.25) is 10.0 Å². The Morgan fingerprint density at radius 3 is 2.04 bits per heavy atom. The Labute approximate surface area is 144 Å². The SMILES string of the molecule is CCc1ccc(S(=O)(=O)NCC(O)(c2ccccc2)C(F)(F)F)cc1. The van der Waals surface area contributed by atoms with Crippen LogP contribution in [0, 0.1) is 0 Å². The number of hydrogen-bond acceptors (Lipinski definition) is 3. The van der Waals surface area contributed by atoms with Crippen molar-refractivity contribution in [1.29, 1.82) is 0 Å². The lowest BCUT2D eigenvalue weighted by Crippen LogP contribution is -2.51. The Bertz CT molecular complexity index is 805. The van der Waals surface area contributed by atoms with E-state index >= 15 is 0 Å². The van der Waals surface area contributed by atoms with Gasteiger partial charge in [-0.25, -0.2) is 13.1 Å². The van der Waals surface area contributed by atoms with E-state index in [2.05, 4.69) is 0 Å². The maximum absolute atomic E-state index is 13.4. The number of alkyl halides is 3. The number of aliphatic hydroxyl groups is 1. The van der Waals surface area contributed by atoms with Gasteiger partial charge in [0.05, 0.1) is 11.4 Å². The highest BCUT2D eigenvalue weighted by Gasteiger charge is 2.55. The summed E-state index contributed by atoms with van der Waals surface area (Å²) in [5, 5.41) is 10.2. The Kier molecular flexibility index (Phi) is 5.55. The van der Waals surface area contributed by atoms with Gasteiger partial charge in [0.15, 0.2) is 5.60 Å². The van der Waals surface area contributed by atoms with Crippen LogP contribution in [0.15, 0.2) is 59.5 Å². The zero-order chi connectivity index (χ0) is 18.7. The lowest BCUT2D eigenvalue weighted by atomic mass is 9.93. The van der Waals surface area contributed by atoms with Gasteiger partial charge in [-0.2, -0.15) is 13.2 Å². The fraction of sp³-hybridized carbons (Fsp3) is 0.294. The average molecular weight is 373 g/mol. The molecule has 0 saturated heterocycles. The maximum atomic E-state index is 13.4. The van der Waals surface area contributed by atoms with E-state index in [1.54, 1.807) is 12.1 Å². The van der Waals surface area contributed by atoms with Crippen molar-refractivity contribution in [2.75, 3.05) is 6.54 Å². The molecule has 0 aliphatic carbocycles. The van der Waals surface area contributed by atoms with E-state index < -0.39 is 33.9 Å². The topological polar surface area (TPSA) is 66.4 Å². The van der Waals surface area contributed by atoms with E-state index in [1.165, 1.54) is 30.3 Å². The molecule has 0 bridgehead atoms. The van der Waals surface area contributed by atoms with Crippen LogP contribution in [0.4, 0.5) is 13.2 Å². The summed E-state index contributed by atoms with van der Waals surface area (Å²) in [5.74, 6) is 0. The van der Waals surface area contributed by atoms with E-state index in [4.69, 9.17) is 0 Å². The molecule has 25 heavy (non-hydrogen) atoms. The van der Waals surface area contributed by atoms with Crippen molar-refractivity contribution < 1.29 is 26.7 Å². The van der Waals surface area contributed by atoms with Crippen molar-refractivity contribution in [2.45, 2.75) is 30.0 Å². The third-order valence-corrected chi connectivity index (χ3v) is 5.30. The number of aryl methyl sites for hydroxylation is 1. The third kappa shape index (κ3) is 4.20. The number of sulfonamides is 1. The molecular weight excluding hydrogens is 355 g/mol. The highest BCUT2D eigenvalue weighted by atomic mass is 32.2. The van der Waals surface area contributed by atoms with Crippen LogP contribution in [0.1, 0.15) is 18.1 Å². The second kappa shape index (κ2) is 7.15. The quantitative estimate of drug-likeness (QED) is 0.818. The molecule has 2 N–H and O–H groups in total. The first kappa shape index (κ1) is 19.4. The molecule has 0 heterocycles. The standard InChI is InChI=1S/C17H18F3NO3S/c1-2-13-8-10-15(11-9-13)25(23,24)21-12-16(22,17(18,19)20)14-6-4-3-5-7-14/h3-11,21-22H,2,12H2,1H3.